The number of benzene rings is 1. The highest BCUT2D eigenvalue weighted by atomic mass is 35.5. The van der Waals surface area contributed by atoms with Crippen LogP contribution in [0.2, 0.25) is 0 Å². The molecule has 0 bridgehead atoms. The average molecular weight is 253 g/mol. The van der Waals surface area contributed by atoms with E-state index in [0.29, 0.717) is 0 Å². The molecule has 0 saturated heterocycles. The lowest BCUT2D eigenvalue weighted by Crippen LogP contribution is -2.10. The fourth-order valence-electron chi connectivity index (χ4n) is 2.07. The first kappa shape index (κ1) is 14.1. The summed E-state index contributed by atoms with van der Waals surface area (Å²) in [5.74, 6) is 0.719. The summed E-state index contributed by atoms with van der Waals surface area (Å²) in [4.78, 5) is 3.28. The third-order valence-corrected chi connectivity index (χ3v) is 3.08. The van der Waals surface area contributed by atoms with Crippen LogP contribution in [-0.4, -0.2) is 4.98 Å². The maximum Gasteiger partial charge on any atom is 0.0457 e. The molecule has 2 nitrogen and oxygen atoms in total. The molecule has 0 fully saturated rings. The van der Waals surface area contributed by atoms with E-state index in [0.717, 1.165) is 12.3 Å². The van der Waals surface area contributed by atoms with Crippen molar-refractivity contribution >= 4 is 23.3 Å². The Hall–Kier alpha value is -0.990. The zero-order valence-corrected chi connectivity index (χ0v) is 11.3. The second kappa shape index (κ2) is 6.08. The van der Waals surface area contributed by atoms with Gasteiger partial charge in [-0.05, 0) is 30.4 Å². The van der Waals surface area contributed by atoms with Crippen molar-refractivity contribution < 1.29 is 0 Å². The summed E-state index contributed by atoms with van der Waals surface area (Å²) < 4.78 is 0. The first-order valence-corrected chi connectivity index (χ1v) is 6.00. The number of aromatic amines is 1. The number of hydrogen-bond acceptors (Lipinski definition) is 1. The van der Waals surface area contributed by atoms with Gasteiger partial charge in [0.2, 0.25) is 0 Å². The highest BCUT2D eigenvalue weighted by Gasteiger charge is 2.11. The van der Waals surface area contributed by atoms with E-state index < -0.39 is 0 Å². The Labute approximate surface area is 109 Å². The van der Waals surface area contributed by atoms with Crippen molar-refractivity contribution in [3.63, 3.8) is 0 Å². The highest BCUT2D eigenvalue weighted by Crippen LogP contribution is 2.26. The molecule has 0 aliphatic heterocycles. The van der Waals surface area contributed by atoms with Gasteiger partial charge in [0, 0.05) is 23.1 Å². The van der Waals surface area contributed by atoms with E-state index in [4.69, 9.17) is 5.73 Å². The van der Waals surface area contributed by atoms with Crippen molar-refractivity contribution in [3.8, 4) is 0 Å². The molecule has 0 amide bonds. The second-order valence-electron chi connectivity index (χ2n) is 4.87. The van der Waals surface area contributed by atoms with Gasteiger partial charge in [-0.25, -0.2) is 0 Å². The van der Waals surface area contributed by atoms with E-state index in [2.05, 4.69) is 43.2 Å². The Morgan fingerprint density at radius 1 is 1.18 bits per heavy atom. The third-order valence-electron chi connectivity index (χ3n) is 3.08. The molecule has 94 valence electrons. The molecule has 0 aliphatic rings. The topological polar surface area (TPSA) is 41.8 Å². The zero-order valence-electron chi connectivity index (χ0n) is 10.4. The number of nitrogens with two attached hydrogens (primary N) is 1. The lowest BCUT2D eigenvalue weighted by Gasteiger charge is -2.12. The zero-order chi connectivity index (χ0) is 11.5. The number of nitrogens with one attached hydrogen (secondary N) is 1. The fraction of sp³-hybridized carbons (Fsp3) is 0.429. The lowest BCUT2D eigenvalue weighted by atomic mass is 9.98. The molecule has 17 heavy (non-hydrogen) atoms. The van der Waals surface area contributed by atoms with Crippen LogP contribution in [0.5, 0.6) is 0 Å². The molecular weight excluding hydrogens is 232 g/mol. The molecule has 1 aromatic heterocycles. The largest absolute Gasteiger partial charge is 0.361 e. The number of aromatic nitrogens is 1. The van der Waals surface area contributed by atoms with Crippen molar-refractivity contribution in [2.45, 2.75) is 32.7 Å². The van der Waals surface area contributed by atoms with Crippen LogP contribution >= 0.6 is 12.4 Å². The number of para-hydroxylation sites is 1. The molecule has 0 saturated carbocycles. The smallest absolute Gasteiger partial charge is 0.0457 e. The first-order chi connectivity index (χ1) is 7.68. The molecule has 0 radical (unpaired) electrons. The predicted octanol–water partition coefficient (Wildman–Crippen LogP) is 4.03. The molecular formula is C14H21ClN2. The molecule has 1 heterocycles. The third kappa shape index (κ3) is 3.24. The standard InChI is InChI=1S/C14H20N2.ClH/c1-10(2)7-8-13(15)12-9-16-14-6-4-3-5-11(12)14;/h3-6,9-10,13,16H,7-8,15H2,1-2H3;1H/t13-;/m0./s1. The molecule has 0 spiro atoms. The predicted molar refractivity (Wildman–Crippen MR) is 76.5 cm³/mol. The summed E-state index contributed by atoms with van der Waals surface area (Å²) in [5, 5.41) is 1.26. The van der Waals surface area contributed by atoms with Crippen LogP contribution in [-0.2, 0) is 0 Å². The molecule has 1 aromatic carbocycles. The quantitative estimate of drug-likeness (QED) is 0.848. The maximum absolute atomic E-state index is 6.23. The van der Waals surface area contributed by atoms with Crippen LogP contribution in [0.3, 0.4) is 0 Å². The Balaban J connectivity index is 0.00000144. The fourth-order valence-corrected chi connectivity index (χ4v) is 2.07. The monoisotopic (exact) mass is 252 g/mol. The SMILES string of the molecule is CC(C)CC[C@H](N)c1c[nH]c2ccccc12.Cl. The van der Waals surface area contributed by atoms with Gasteiger partial charge < -0.3 is 10.7 Å². The lowest BCUT2D eigenvalue weighted by molar-refractivity contribution is 0.508. The Kier molecular flexibility index (Phi) is 5.03. The second-order valence-corrected chi connectivity index (χ2v) is 4.87. The summed E-state index contributed by atoms with van der Waals surface area (Å²) in [5.41, 5.74) is 8.66. The summed E-state index contributed by atoms with van der Waals surface area (Å²) >= 11 is 0. The Morgan fingerprint density at radius 3 is 2.59 bits per heavy atom. The van der Waals surface area contributed by atoms with E-state index >= 15 is 0 Å². The van der Waals surface area contributed by atoms with Crippen LogP contribution in [0.15, 0.2) is 30.5 Å². The van der Waals surface area contributed by atoms with Crippen molar-refractivity contribution in [2.75, 3.05) is 0 Å². The number of halogens is 1. The van der Waals surface area contributed by atoms with E-state index in [1.807, 2.05) is 6.07 Å². The van der Waals surface area contributed by atoms with Crippen LogP contribution < -0.4 is 5.73 Å². The summed E-state index contributed by atoms with van der Waals surface area (Å²) in [6, 6.07) is 8.49. The number of fused-ring (bicyclic) bond motifs is 1. The van der Waals surface area contributed by atoms with Crippen LogP contribution in [0.4, 0.5) is 0 Å². The van der Waals surface area contributed by atoms with Crippen LogP contribution in [0.1, 0.15) is 38.3 Å². The van der Waals surface area contributed by atoms with Gasteiger partial charge in [0.1, 0.15) is 0 Å². The minimum Gasteiger partial charge on any atom is -0.361 e. The summed E-state index contributed by atoms with van der Waals surface area (Å²) in [6.45, 7) is 4.48. The van der Waals surface area contributed by atoms with Gasteiger partial charge in [-0.2, -0.15) is 0 Å². The van der Waals surface area contributed by atoms with Crippen molar-refractivity contribution in [1.82, 2.24) is 4.98 Å². The van der Waals surface area contributed by atoms with Gasteiger partial charge in [0.25, 0.3) is 0 Å². The van der Waals surface area contributed by atoms with Gasteiger partial charge in [-0.15, -0.1) is 12.4 Å². The van der Waals surface area contributed by atoms with Gasteiger partial charge in [-0.1, -0.05) is 32.0 Å². The Bertz CT molecular complexity index is 462. The molecule has 0 aliphatic carbocycles. The molecule has 2 aromatic rings. The van der Waals surface area contributed by atoms with Crippen molar-refractivity contribution in [2.24, 2.45) is 11.7 Å². The van der Waals surface area contributed by atoms with Crippen molar-refractivity contribution in [1.29, 1.82) is 0 Å². The molecule has 1 atom stereocenters. The molecule has 2 rings (SSSR count). The van der Waals surface area contributed by atoms with E-state index in [-0.39, 0.29) is 18.4 Å². The highest BCUT2D eigenvalue weighted by molar-refractivity contribution is 5.85. The molecule has 0 unspecified atom stereocenters. The summed E-state index contributed by atoms with van der Waals surface area (Å²) in [7, 11) is 0. The van der Waals surface area contributed by atoms with Gasteiger partial charge >= 0.3 is 0 Å². The van der Waals surface area contributed by atoms with Crippen LogP contribution in [0, 0.1) is 5.92 Å². The van der Waals surface area contributed by atoms with Crippen LogP contribution in [0.25, 0.3) is 10.9 Å². The molecule has 3 heteroatoms. The Morgan fingerprint density at radius 2 is 1.88 bits per heavy atom. The maximum atomic E-state index is 6.23. The van der Waals surface area contributed by atoms with E-state index in [1.165, 1.54) is 22.9 Å². The normalized spacial score (nSPS) is 12.7. The van der Waals surface area contributed by atoms with E-state index in [9.17, 15) is 0 Å². The van der Waals surface area contributed by atoms with Gasteiger partial charge in [-0.3, -0.25) is 0 Å². The number of hydrogen-bond donors (Lipinski definition) is 2. The summed E-state index contributed by atoms with van der Waals surface area (Å²) in [6.07, 6.45) is 4.29. The minimum absolute atomic E-state index is 0. The number of rotatable bonds is 4. The van der Waals surface area contributed by atoms with Crippen molar-refractivity contribution in [3.05, 3.63) is 36.0 Å². The van der Waals surface area contributed by atoms with Gasteiger partial charge in [0.05, 0.1) is 0 Å². The first-order valence-electron chi connectivity index (χ1n) is 6.00. The molecule has 3 N–H and O–H groups in total. The average Bonchev–Trinajstić information content (AvgIpc) is 2.69. The van der Waals surface area contributed by atoms with E-state index in [1.54, 1.807) is 0 Å². The van der Waals surface area contributed by atoms with Gasteiger partial charge in [0.15, 0.2) is 0 Å². The minimum atomic E-state index is 0. The number of H-pyrrole nitrogens is 1.